The topological polar surface area (TPSA) is 63.8 Å². The van der Waals surface area contributed by atoms with Crippen molar-refractivity contribution in [2.45, 2.75) is 18.9 Å². The molecule has 1 aliphatic rings. The molecule has 2 aromatic heterocycles. The Morgan fingerprint density at radius 2 is 2.35 bits per heavy atom. The van der Waals surface area contributed by atoms with E-state index in [1.54, 1.807) is 12.4 Å². The monoisotopic (exact) mass is 252 g/mol. The zero-order chi connectivity index (χ0) is 10.8. The molecule has 3 heterocycles. The second kappa shape index (κ2) is 5.25. The lowest BCUT2D eigenvalue weighted by Crippen LogP contribution is -2.12. The van der Waals surface area contributed by atoms with Gasteiger partial charge >= 0.3 is 0 Å². The Hall–Kier alpha value is -1.46. The molecule has 0 unspecified atom stereocenters. The van der Waals surface area contributed by atoms with Gasteiger partial charge in [-0.25, -0.2) is 0 Å². The fourth-order valence-corrected chi connectivity index (χ4v) is 1.88. The minimum Gasteiger partial charge on any atom is -0.337 e. The molecule has 0 spiro atoms. The maximum absolute atomic E-state index is 5.25. The Balaban J connectivity index is 0.00000108. The van der Waals surface area contributed by atoms with Crippen molar-refractivity contribution in [1.29, 1.82) is 0 Å². The van der Waals surface area contributed by atoms with E-state index < -0.39 is 0 Å². The molecule has 1 aliphatic heterocycles. The first-order valence-corrected chi connectivity index (χ1v) is 5.41. The highest BCUT2D eigenvalue weighted by atomic mass is 35.5. The van der Waals surface area contributed by atoms with Gasteiger partial charge in [-0.1, -0.05) is 5.16 Å². The standard InChI is InChI=1S/C11H12N4O.ClH/c1-3-8(7-12-5-1)10-14-11(16-15-10)9-4-2-6-13-9;/h1,3,5,7,9,13H,2,4,6H2;1H/t9-;/m0./s1. The van der Waals surface area contributed by atoms with Crippen molar-refractivity contribution < 1.29 is 4.52 Å². The molecule has 1 atom stereocenters. The van der Waals surface area contributed by atoms with Crippen molar-refractivity contribution in [3.8, 4) is 11.4 Å². The number of halogens is 1. The van der Waals surface area contributed by atoms with Crippen LogP contribution in [0.25, 0.3) is 11.4 Å². The molecule has 0 saturated carbocycles. The van der Waals surface area contributed by atoms with Crippen LogP contribution < -0.4 is 5.32 Å². The predicted octanol–water partition coefficient (Wildman–Crippen LogP) is 1.98. The van der Waals surface area contributed by atoms with Crippen molar-refractivity contribution in [1.82, 2.24) is 20.4 Å². The number of hydrogen-bond donors (Lipinski definition) is 1. The van der Waals surface area contributed by atoms with E-state index in [2.05, 4.69) is 20.4 Å². The third-order valence-electron chi connectivity index (χ3n) is 2.72. The maximum Gasteiger partial charge on any atom is 0.244 e. The van der Waals surface area contributed by atoms with E-state index in [1.807, 2.05) is 12.1 Å². The summed E-state index contributed by atoms with van der Waals surface area (Å²) in [5.74, 6) is 1.29. The average Bonchev–Trinajstić information content (AvgIpc) is 3.01. The second-order valence-electron chi connectivity index (χ2n) is 3.85. The molecule has 5 nitrogen and oxygen atoms in total. The molecule has 2 aromatic rings. The highest BCUT2D eigenvalue weighted by molar-refractivity contribution is 5.85. The molecular weight excluding hydrogens is 240 g/mol. The van der Waals surface area contributed by atoms with Gasteiger partial charge in [0.15, 0.2) is 0 Å². The number of pyridine rings is 1. The Labute approximate surface area is 105 Å². The molecule has 0 amide bonds. The lowest BCUT2D eigenvalue weighted by molar-refractivity contribution is 0.345. The summed E-state index contributed by atoms with van der Waals surface area (Å²) >= 11 is 0. The molecule has 0 bridgehead atoms. The first-order valence-electron chi connectivity index (χ1n) is 5.41. The zero-order valence-corrected chi connectivity index (χ0v) is 9.98. The molecule has 1 saturated heterocycles. The third kappa shape index (κ3) is 2.45. The largest absolute Gasteiger partial charge is 0.337 e. The minimum atomic E-state index is 0. The molecule has 1 fully saturated rings. The molecule has 0 aliphatic carbocycles. The fourth-order valence-electron chi connectivity index (χ4n) is 1.88. The summed E-state index contributed by atoms with van der Waals surface area (Å²) in [5.41, 5.74) is 0.885. The van der Waals surface area contributed by atoms with Crippen LogP contribution in [0.3, 0.4) is 0 Å². The Morgan fingerprint density at radius 3 is 3.06 bits per heavy atom. The average molecular weight is 253 g/mol. The molecule has 0 radical (unpaired) electrons. The van der Waals surface area contributed by atoms with Gasteiger partial charge in [-0.3, -0.25) is 4.98 Å². The van der Waals surface area contributed by atoms with Gasteiger partial charge in [0.25, 0.3) is 0 Å². The molecule has 1 N–H and O–H groups in total. The van der Waals surface area contributed by atoms with Gasteiger partial charge in [0.1, 0.15) is 0 Å². The number of nitrogens with one attached hydrogen (secondary N) is 1. The Kier molecular flexibility index (Phi) is 3.71. The zero-order valence-electron chi connectivity index (χ0n) is 9.17. The molecule has 17 heavy (non-hydrogen) atoms. The van der Waals surface area contributed by atoms with Crippen LogP contribution in [0, 0.1) is 0 Å². The maximum atomic E-state index is 5.25. The highest BCUT2D eigenvalue weighted by Crippen LogP contribution is 2.23. The summed E-state index contributed by atoms with van der Waals surface area (Å²) < 4.78 is 5.25. The number of nitrogens with zero attached hydrogens (tertiary/aromatic N) is 3. The second-order valence-corrected chi connectivity index (χ2v) is 3.85. The summed E-state index contributed by atoms with van der Waals surface area (Å²) in [5, 5.41) is 7.29. The van der Waals surface area contributed by atoms with Crippen LogP contribution in [0.5, 0.6) is 0 Å². The lowest BCUT2D eigenvalue weighted by Gasteiger charge is -2.01. The van der Waals surface area contributed by atoms with E-state index in [9.17, 15) is 0 Å². The number of rotatable bonds is 2. The lowest BCUT2D eigenvalue weighted by atomic mass is 10.2. The van der Waals surface area contributed by atoms with Gasteiger partial charge in [0, 0.05) is 18.0 Å². The van der Waals surface area contributed by atoms with Crippen molar-refractivity contribution in [2.24, 2.45) is 0 Å². The van der Waals surface area contributed by atoms with E-state index >= 15 is 0 Å². The fraction of sp³-hybridized carbons (Fsp3) is 0.364. The van der Waals surface area contributed by atoms with Crippen LogP contribution >= 0.6 is 12.4 Å². The van der Waals surface area contributed by atoms with E-state index in [4.69, 9.17) is 4.52 Å². The normalized spacial score (nSPS) is 18.9. The number of hydrogen-bond acceptors (Lipinski definition) is 5. The van der Waals surface area contributed by atoms with Crippen LogP contribution in [0.1, 0.15) is 24.8 Å². The predicted molar refractivity (Wildman–Crippen MR) is 64.8 cm³/mol. The molecular formula is C11H13ClN4O. The minimum absolute atomic E-state index is 0. The first kappa shape index (κ1) is 12.0. The summed E-state index contributed by atoms with van der Waals surface area (Å²) in [7, 11) is 0. The first-order chi connectivity index (χ1) is 7.93. The van der Waals surface area contributed by atoms with Gasteiger partial charge < -0.3 is 9.84 Å². The quantitative estimate of drug-likeness (QED) is 0.885. The SMILES string of the molecule is Cl.c1cncc(-c2noc([C@@H]3CCCN3)n2)c1. The summed E-state index contributed by atoms with van der Waals surface area (Å²) in [6.45, 7) is 1.02. The van der Waals surface area contributed by atoms with Crippen molar-refractivity contribution in [3.05, 3.63) is 30.4 Å². The highest BCUT2D eigenvalue weighted by Gasteiger charge is 2.22. The van der Waals surface area contributed by atoms with Crippen LogP contribution in [0.2, 0.25) is 0 Å². The van der Waals surface area contributed by atoms with E-state index in [0.29, 0.717) is 11.7 Å². The van der Waals surface area contributed by atoms with Gasteiger partial charge in [-0.05, 0) is 31.5 Å². The molecule has 90 valence electrons. The van der Waals surface area contributed by atoms with E-state index in [0.717, 1.165) is 24.9 Å². The van der Waals surface area contributed by atoms with E-state index in [-0.39, 0.29) is 18.4 Å². The van der Waals surface area contributed by atoms with E-state index in [1.165, 1.54) is 0 Å². The summed E-state index contributed by atoms with van der Waals surface area (Å²) in [4.78, 5) is 8.41. The van der Waals surface area contributed by atoms with Crippen molar-refractivity contribution >= 4 is 12.4 Å². The molecule has 3 rings (SSSR count). The van der Waals surface area contributed by atoms with Crippen molar-refractivity contribution in [3.63, 3.8) is 0 Å². The van der Waals surface area contributed by atoms with Gasteiger partial charge in [0.2, 0.25) is 11.7 Å². The number of aromatic nitrogens is 3. The molecule has 0 aromatic carbocycles. The third-order valence-corrected chi connectivity index (χ3v) is 2.72. The smallest absolute Gasteiger partial charge is 0.244 e. The van der Waals surface area contributed by atoms with Gasteiger partial charge in [-0.2, -0.15) is 4.98 Å². The van der Waals surface area contributed by atoms with Gasteiger partial charge in [-0.15, -0.1) is 12.4 Å². The van der Waals surface area contributed by atoms with Crippen LogP contribution in [-0.2, 0) is 0 Å². The molecule has 6 heteroatoms. The Morgan fingerprint density at radius 1 is 1.41 bits per heavy atom. The van der Waals surface area contributed by atoms with Crippen LogP contribution in [-0.4, -0.2) is 21.7 Å². The van der Waals surface area contributed by atoms with Crippen LogP contribution in [0.4, 0.5) is 0 Å². The Bertz CT molecular complexity index is 467. The van der Waals surface area contributed by atoms with Crippen LogP contribution in [0.15, 0.2) is 29.0 Å². The van der Waals surface area contributed by atoms with Crippen molar-refractivity contribution in [2.75, 3.05) is 6.54 Å². The van der Waals surface area contributed by atoms with Gasteiger partial charge in [0.05, 0.1) is 6.04 Å². The summed E-state index contributed by atoms with van der Waals surface area (Å²) in [6.07, 6.45) is 5.68. The summed E-state index contributed by atoms with van der Waals surface area (Å²) in [6, 6.07) is 4.00.